The van der Waals surface area contributed by atoms with Gasteiger partial charge in [0.1, 0.15) is 11.5 Å². The zero-order valence-corrected chi connectivity index (χ0v) is 19.9. The highest BCUT2D eigenvalue weighted by atomic mass is 16.2. The Balaban J connectivity index is 1.12. The molecule has 2 aliphatic rings. The number of carbonyl (C=O) groups excluding carboxylic acids is 2. The third-order valence-corrected chi connectivity index (χ3v) is 7.00. The van der Waals surface area contributed by atoms with Crippen LogP contribution >= 0.6 is 0 Å². The highest BCUT2D eigenvalue weighted by Crippen LogP contribution is 2.33. The fourth-order valence-corrected chi connectivity index (χ4v) is 4.80. The summed E-state index contributed by atoms with van der Waals surface area (Å²) in [6.07, 6.45) is 8.89. The van der Waals surface area contributed by atoms with Crippen molar-refractivity contribution in [1.29, 1.82) is 0 Å². The normalized spacial score (nSPS) is 16.2. The van der Waals surface area contributed by atoms with Gasteiger partial charge in [-0.25, -0.2) is 4.98 Å². The number of carbonyl (C=O) groups is 2. The first-order valence-corrected chi connectivity index (χ1v) is 12.5. The number of pyridine rings is 2. The Morgan fingerprint density at radius 3 is 2.42 bits per heavy atom. The van der Waals surface area contributed by atoms with E-state index in [4.69, 9.17) is 0 Å². The Labute approximate surface area is 209 Å². The lowest BCUT2D eigenvalue weighted by Crippen LogP contribution is -2.42. The third-order valence-electron chi connectivity index (χ3n) is 7.00. The number of benzene rings is 1. The van der Waals surface area contributed by atoms with Crippen LogP contribution in [0, 0.1) is 5.92 Å². The molecule has 3 N–H and O–H groups in total. The molecule has 0 atom stereocenters. The van der Waals surface area contributed by atoms with E-state index in [1.807, 2.05) is 23.2 Å². The molecule has 2 amide bonds. The van der Waals surface area contributed by atoms with Gasteiger partial charge in [-0.3, -0.25) is 14.6 Å². The summed E-state index contributed by atoms with van der Waals surface area (Å²) in [7, 11) is 0. The SMILES string of the molecule is O=C(Nc1cc(-c2ccc(NC3CCN(C(=O)c4ccncc4)CC3)cc2)c2cc[nH]c2n1)C1CC1. The van der Waals surface area contributed by atoms with Gasteiger partial charge in [-0.1, -0.05) is 12.1 Å². The molecule has 4 heterocycles. The number of hydrogen-bond donors (Lipinski definition) is 3. The highest BCUT2D eigenvalue weighted by Gasteiger charge is 2.30. The highest BCUT2D eigenvalue weighted by molar-refractivity contribution is 5.99. The number of anilines is 2. The average molecular weight is 481 g/mol. The lowest BCUT2D eigenvalue weighted by atomic mass is 10.0. The molecule has 8 nitrogen and oxygen atoms in total. The molecule has 3 aromatic heterocycles. The van der Waals surface area contributed by atoms with Crippen molar-refractivity contribution < 1.29 is 9.59 Å². The summed E-state index contributed by atoms with van der Waals surface area (Å²) in [5, 5.41) is 7.61. The van der Waals surface area contributed by atoms with Gasteiger partial charge in [-0.2, -0.15) is 0 Å². The Hall–Kier alpha value is -4.20. The van der Waals surface area contributed by atoms with E-state index in [1.165, 1.54) is 0 Å². The first-order valence-electron chi connectivity index (χ1n) is 12.5. The average Bonchev–Trinajstić information content (AvgIpc) is 3.67. The quantitative estimate of drug-likeness (QED) is 0.372. The van der Waals surface area contributed by atoms with Crippen LogP contribution in [0.2, 0.25) is 0 Å². The number of rotatable bonds is 6. The Kier molecular flexibility index (Phi) is 5.85. The van der Waals surface area contributed by atoms with Crippen molar-refractivity contribution in [2.75, 3.05) is 23.7 Å². The maximum Gasteiger partial charge on any atom is 0.253 e. The van der Waals surface area contributed by atoms with Gasteiger partial charge < -0.3 is 20.5 Å². The van der Waals surface area contributed by atoms with Gasteiger partial charge in [0.25, 0.3) is 5.91 Å². The molecule has 1 aliphatic heterocycles. The van der Waals surface area contributed by atoms with Gasteiger partial charge in [0.15, 0.2) is 0 Å². The smallest absolute Gasteiger partial charge is 0.253 e. The number of nitrogens with one attached hydrogen (secondary N) is 3. The monoisotopic (exact) mass is 480 g/mol. The lowest BCUT2D eigenvalue weighted by Gasteiger charge is -2.33. The second kappa shape index (κ2) is 9.45. The summed E-state index contributed by atoms with van der Waals surface area (Å²) in [4.78, 5) is 38.6. The van der Waals surface area contributed by atoms with Gasteiger partial charge in [0.05, 0.1) is 0 Å². The molecule has 1 saturated carbocycles. The van der Waals surface area contributed by atoms with Crippen LogP contribution in [0.4, 0.5) is 11.5 Å². The topological polar surface area (TPSA) is 103 Å². The van der Waals surface area contributed by atoms with E-state index >= 15 is 0 Å². The van der Waals surface area contributed by atoms with Crippen LogP contribution in [-0.4, -0.2) is 50.8 Å². The minimum absolute atomic E-state index is 0.0485. The maximum atomic E-state index is 12.7. The minimum atomic E-state index is 0.0485. The van der Waals surface area contributed by atoms with Crippen molar-refractivity contribution in [3.8, 4) is 11.1 Å². The van der Waals surface area contributed by atoms with Crippen LogP contribution in [0.1, 0.15) is 36.0 Å². The largest absolute Gasteiger partial charge is 0.382 e. The number of nitrogens with zero attached hydrogens (tertiary/aromatic N) is 3. The van der Waals surface area contributed by atoms with E-state index in [2.05, 4.69) is 49.9 Å². The number of piperidine rings is 1. The molecule has 2 fully saturated rings. The van der Waals surface area contributed by atoms with Gasteiger partial charge in [0, 0.05) is 60.3 Å². The summed E-state index contributed by atoms with van der Waals surface area (Å²) in [5.41, 5.74) is 4.59. The van der Waals surface area contributed by atoms with Crippen molar-refractivity contribution in [2.45, 2.75) is 31.7 Å². The second-order valence-electron chi connectivity index (χ2n) is 9.58. The number of aromatic amines is 1. The molecule has 1 aliphatic carbocycles. The van der Waals surface area contributed by atoms with Crippen molar-refractivity contribution in [3.05, 3.63) is 72.7 Å². The number of aromatic nitrogens is 3. The van der Waals surface area contributed by atoms with Crippen molar-refractivity contribution in [2.24, 2.45) is 5.92 Å². The molecule has 4 aromatic rings. The Bertz CT molecular complexity index is 1390. The molecule has 0 spiro atoms. The van der Waals surface area contributed by atoms with Gasteiger partial charge in [-0.05, 0) is 73.2 Å². The molecular weight excluding hydrogens is 452 g/mol. The predicted octanol–water partition coefficient (Wildman–Crippen LogP) is 4.69. The first kappa shape index (κ1) is 22.3. The molecule has 182 valence electrons. The summed E-state index contributed by atoms with van der Waals surface area (Å²) < 4.78 is 0. The molecule has 1 saturated heterocycles. The number of H-pyrrole nitrogens is 1. The Morgan fingerprint density at radius 1 is 0.944 bits per heavy atom. The van der Waals surface area contributed by atoms with Crippen molar-refractivity contribution in [3.63, 3.8) is 0 Å². The molecular formula is C28H28N6O2. The van der Waals surface area contributed by atoms with Crippen LogP contribution in [-0.2, 0) is 4.79 Å². The molecule has 1 aromatic carbocycles. The van der Waals surface area contributed by atoms with Crippen LogP contribution in [0.3, 0.4) is 0 Å². The van der Waals surface area contributed by atoms with Gasteiger partial charge in [0.2, 0.25) is 5.91 Å². The van der Waals surface area contributed by atoms with E-state index in [-0.39, 0.29) is 17.7 Å². The first-order chi connectivity index (χ1) is 17.6. The predicted molar refractivity (Wildman–Crippen MR) is 140 cm³/mol. The number of fused-ring (bicyclic) bond motifs is 1. The second-order valence-corrected chi connectivity index (χ2v) is 9.58. The molecule has 8 heteroatoms. The molecule has 0 bridgehead atoms. The zero-order chi connectivity index (χ0) is 24.5. The van der Waals surface area contributed by atoms with Crippen molar-refractivity contribution in [1.82, 2.24) is 19.9 Å². The standard InChI is InChI=1S/C28H28N6O2/c35-27(19-1-2-19)33-25-17-24(23-9-14-30-26(23)32-25)18-3-5-21(6-4-18)31-22-10-15-34(16-11-22)28(36)20-7-12-29-13-8-20/h3-9,12-14,17,19,22,31H,1-2,10-11,15-16H2,(H2,30,32,33,35). The van der Waals surface area contributed by atoms with E-state index < -0.39 is 0 Å². The zero-order valence-electron chi connectivity index (χ0n) is 19.9. The summed E-state index contributed by atoms with van der Waals surface area (Å²) in [5.74, 6) is 0.821. The van der Waals surface area contributed by atoms with E-state index in [0.717, 1.165) is 66.6 Å². The number of amides is 2. The van der Waals surface area contributed by atoms with E-state index in [0.29, 0.717) is 17.4 Å². The van der Waals surface area contributed by atoms with Gasteiger partial charge in [-0.15, -0.1) is 0 Å². The molecule has 0 radical (unpaired) electrons. The van der Waals surface area contributed by atoms with Crippen LogP contribution in [0.15, 0.2) is 67.1 Å². The lowest BCUT2D eigenvalue weighted by molar-refractivity contribution is -0.117. The summed E-state index contributed by atoms with van der Waals surface area (Å²) in [6, 6.07) is 16.2. The van der Waals surface area contributed by atoms with Crippen LogP contribution in [0.25, 0.3) is 22.2 Å². The van der Waals surface area contributed by atoms with Crippen LogP contribution < -0.4 is 10.6 Å². The molecule has 0 unspecified atom stereocenters. The Morgan fingerprint density at radius 2 is 1.69 bits per heavy atom. The molecule has 6 rings (SSSR count). The van der Waals surface area contributed by atoms with E-state index in [1.54, 1.807) is 24.5 Å². The maximum absolute atomic E-state index is 12.7. The number of likely N-dealkylation sites (tertiary alicyclic amines) is 1. The third kappa shape index (κ3) is 4.66. The fourth-order valence-electron chi connectivity index (χ4n) is 4.80. The van der Waals surface area contributed by atoms with Crippen molar-refractivity contribution >= 4 is 34.4 Å². The number of hydrogen-bond acceptors (Lipinski definition) is 5. The molecule has 36 heavy (non-hydrogen) atoms. The summed E-state index contributed by atoms with van der Waals surface area (Å²) >= 11 is 0. The van der Waals surface area contributed by atoms with Gasteiger partial charge >= 0.3 is 0 Å². The fraction of sp³-hybridized carbons (Fsp3) is 0.286. The minimum Gasteiger partial charge on any atom is -0.382 e. The summed E-state index contributed by atoms with van der Waals surface area (Å²) in [6.45, 7) is 1.46. The van der Waals surface area contributed by atoms with Crippen LogP contribution in [0.5, 0.6) is 0 Å². The van der Waals surface area contributed by atoms with E-state index in [9.17, 15) is 9.59 Å².